The van der Waals surface area contributed by atoms with Gasteiger partial charge in [0.05, 0.1) is 17.2 Å². The largest absolute Gasteiger partial charge is 0.478 e. The minimum absolute atomic E-state index is 0.0262. The number of carboxylic acid groups (broad SMARTS) is 1. The highest BCUT2D eigenvalue weighted by Gasteiger charge is 2.48. The van der Waals surface area contributed by atoms with Gasteiger partial charge in [-0.2, -0.15) is 13.2 Å². The van der Waals surface area contributed by atoms with Gasteiger partial charge in [-0.25, -0.2) is 4.79 Å². The van der Waals surface area contributed by atoms with E-state index in [1.54, 1.807) is 0 Å². The third kappa shape index (κ3) is 6.36. The van der Waals surface area contributed by atoms with Gasteiger partial charge in [-0.15, -0.1) is 6.58 Å². The van der Waals surface area contributed by atoms with Crippen LogP contribution in [0.4, 0.5) is 13.2 Å². The number of carbonyl (C=O) groups is 1. The molecule has 0 radical (unpaired) electrons. The summed E-state index contributed by atoms with van der Waals surface area (Å²) < 4.78 is 43.9. The predicted octanol–water partition coefficient (Wildman–Crippen LogP) is 7.59. The molecule has 44 heavy (non-hydrogen) atoms. The number of fused-ring (bicyclic) bond motifs is 5. The molecule has 0 aliphatic carbocycles. The number of nitrogens with zero attached hydrogens (tertiary/aromatic N) is 2. The van der Waals surface area contributed by atoms with E-state index in [1.165, 1.54) is 18.6 Å². The topological polar surface area (TPSA) is 82.9 Å². The molecule has 3 fully saturated rings. The Bertz CT molecular complexity index is 1590. The maximum Gasteiger partial charge on any atom is 0.430 e. The van der Waals surface area contributed by atoms with E-state index < -0.39 is 29.9 Å². The van der Waals surface area contributed by atoms with Crippen LogP contribution in [0, 0.1) is 11.8 Å². The summed E-state index contributed by atoms with van der Waals surface area (Å²) in [7, 11) is 0. The Kier molecular flexibility index (Phi) is 8.86. The molecule has 234 valence electrons. The van der Waals surface area contributed by atoms with Crippen molar-refractivity contribution in [2.24, 2.45) is 11.8 Å². The summed E-state index contributed by atoms with van der Waals surface area (Å²) in [4.78, 5) is 17.9. The molecule has 0 saturated carbocycles. The first kappa shape index (κ1) is 32.0. The molecule has 7 rings (SSSR count). The zero-order valence-electron chi connectivity index (χ0n) is 24.8. The van der Waals surface area contributed by atoms with Gasteiger partial charge < -0.3 is 14.9 Å². The number of aliphatic carboxylic acids is 1. The predicted molar refractivity (Wildman–Crippen MR) is 165 cm³/mol. The van der Waals surface area contributed by atoms with Gasteiger partial charge in [0.1, 0.15) is 5.75 Å². The molecule has 3 saturated heterocycles. The Morgan fingerprint density at radius 1 is 1.20 bits per heavy atom. The number of ether oxygens (including phenoxy) is 1. The number of benzene rings is 2. The minimum Gasteiger partial charge on any atom is -0.478 e. The highest BCUT2D eigenvalue weighted by atomic mass is 35.5. The molecule has 4 aliphatic rings. The summed E-state index contributed by atoms with van der Waals surface area (Å²) in [6.45, 7) is 11.7. The van der Waals surface area contributed by atoms with Gasteiger partial charge in [-0.3, -0.25) is 9.88 Å². The molecule has 3 aromatic rings. The van der Waals surface area contributed by atoms with E-state index in [4.69, 9.17) is 21.4 Å². The van der Waals surface area contributed by atoms with Crippen molar-refractivity contribution < 1.29 is 32.9 Å². The zero-order chi connectivity index (χ0) is 32.0. The lowest BCUT2D eigenvalue weighted by Gasteiger charge is -2.50. The Morgan fingerprint density at radius 3 is 2.55 bits per heavy atom. The lowest BCUT2D eigenvalue weighted by atomic mass is 9.73. The van der Waals surface area contributed by atoms with E-state index in [-0.39, 0.29) is 22.8 Å². The smallest absolute Gasteiger partial charge is 0.430 e. The number of hydrogen-bond acceptors (Lipinski definition) is 5. The molecule has 2 bridgehead atoms. The average Bonchev–Trinajstić information content (AvgIpc) is 2.98. The molecule has 4 aliphatic heterocycles. The van der Waals surface area contributed by atoms with E-state index in [1.807, 2.05) is 51.2 Å². The van der Waals surface area contributed by atoms with Crippen LogP contribution in [-0.4, -0.2) is 57.5 Å². The van der Waals surface area contributed by atoms with Gasteiger partial charge in [0.15, 0.2) is 0 Å². The van der Waals surface area contributed by atoms with Crippen LogP contribution in [0.1, 0.15) is 56.4 Å². The summed E-state index contributed by atoms with van der Waals surface area (Å²) in [6, 6.07) is 13.1. The van der Waals surface area contributed by atoms with Gasteiger partial charge in [-0.1, -0.05) is 56.6 Å². The van der Waals surface area contributed by atoms with Crippen LogP contribution >= 0.6 is 11.6 Å². The van der Waals surface area contributed by atoms with Crippen LogP contribution in [0.5, 0.6) is 5.75 Å². The van der Waals surface area contributed by atoms with Crippen LogP contribution in [0.25, 0.3) is 17.0 Å². The number of aromatic nitrogens is 1. The molecular weight excluding hydrogens is 593 g/mol. The van der Waals surface area contributed by atoms with Crippen LogP contribution in [0.15, 0.2) is 66.9 Å². The Morgan fingerprint density at radius 2 is 1.93 bits per heavy atom. The minimum atomic E-state index is -4.82. The quantitative estimate of drug-likeness (QED) is 0.290. The normalized spacial score (nSPS) is 25.2. The fraction of sp³-hybridized carbons (Fsp3) is 0.412. The van der Waals surface area contributed by atoms with E-state index in [0.717, 1.165) is 42.1 Å². The van der Waals surface area contributed by atoms with Crippen LogP contribution in [0.3, 0.4) is 0 Å². The Hall–Kier alpha value is -3.40. The number of aliphatic hydroxyl groups excluding tert-OH is 1. The molecule has 1 aromatic heterocycles. The lowest BCUT2D eigenvalue weighted by Crippen LogP contribution is -2.54. The second-order valence-electron chi connectivity index (χ2n) is 12.7. The molecule has 2 aromatic carbocycles. The average molecular weight is 629 g/mol. The first-order chi connectivity index (χ1) is 20.7. The molecular formula is C34H36ClF3N2O4. The number of rotatable bonds is 4. The highest BCUT2D eigenvalue weighted by molar-refractivity contribution is 6.31. The Labute approximate surface area is 259 Å². The molecule has 6 atom stereocenters. The van der Waals surface area contributed by atoms with Crippen molar-refractivity contribution in [1.29, 1.82) is 0 Å². The molecule has 0 amide bonds. The second-order valence-corrected chi connectivity index (χ2v) is 13.1. The van der Waals surface area contributed by atoms with Crippen molar-refractivity contribution in [2.45, 2.75) is 63.5 Å². The second kappa shape index (κ2) is 12.2. The van der Waals surface area contributed by atoms with Gasteiger partial charge in [0, 0.05) is 34.8 Å². The van der Waals surface area contributed by atoms with Crippen molar-refractivity contribution in [2.75, 3.05) is 13.1 Å². The van der Waals surface area contributed by atoms with Gasteiger partial charge in [0.25, 0.3) is 0 Å². The summed E-state index contributed by atoms with van der Waals surface area (Å²) in [5.74, 6) is -0.438. The maximum absolute atomic E-state index is 13.0. The van der Waals surface area contributed by atoms with Crippen molar-refractivity contribution in [1.82, 2.24) is 9.88 Å². The number of piperidine rings is 3. The van der Waals surface area contributed by atoms with Crippen molar-refractivity contribution in [3.8, 4) is 5.75 Å². The maximum atomic E-state index is 13.0. The summed E-state index contributed by atoms with van der Waals surface area (Å²) in [5, 5.41) is 21.4. The number of aliphatic hydroxyl groups is 1. The fourth-order valence-corrected chi connectivity index (χ4v) is 6.95. The molecule has 10 heteroatoms. The van der Waals surface area contributed by atoms with Crippen LogP contribution in [-0.2, 0) is 10.2 Å². The zero-order valence-corrected chi connectivity index (χ0v) is 25.6. The number of alkyl halides is 3. The van der Waals surface area contributed by atoms with Crippen LogP contribution < -0.4 is 4.74 Å². The van der Waals surface area contributed by atoms with Crippen molar-refractivity contribution in [3.63, 3.8) is 0 Å². The van der Waals surface area contributed by atoms with Crippen LogP contribution in [0.2, 0.25) is 5.02 Å². The van der Waals surface area contributed by atoms with E-state index in [2.05, 4.69) is 28.6 Å². The number of hydrogen-bond donors (Lipinski definition) is 2. The standard InChI is InChI=1S/C19H22N2O.C15H14ClF3O3/c1-2-13-12-21-10-8-14(13)11-18(21)19(22)16-7-9-20-17-6-4-3-5-15(16)17;1-14(2,3)9-6-11-7(5-10(9)16)4-8(13(20)21)12(22-11)15(17,18)19/h2-7,9,13-14,18-19,22H,1,8,10-12H2;4-6,12H,1-3H3,(H,20,21)/t13-,14-,18+,19-;12-/m00/s1. The number of para-hydroxylation sites is 1. The first-order valence-corrected chi connectivity index (χ1v) is 15.0. The molecule has 2 N–H and O–H groups in total. The molecule has 5 heterocycles. The molecule has 1 unspecified atom stereocenters. The monoisotopic (exact) mass is 628 g/mol. The molecule has 0 spiro atoms. The van der Waals surface area contributed by atoms with Gasteiger partial charge in [0.2, 0.25) is 6.10 Å². The SMILES string of the molecule is C=C[C@H]1CN2CC[C@H]1C[C@@H]2[C@@H](O)c1ccnc2ccccc12.CC(C)(C)c1cc2c(cc1Cl)C=C(C(=O)O)[C@@H](C(F)(F)F)O2. The summed E-state index contributed by atoms with van der Waals surface area (Å²) >= 11 is 6.14. The Balaban J connectivity index is 0.000000175. The number of carboxylic acids is 1. The highest BCUT2D eigenvalue weighted by Crippen LogP contribution is 2.43. The van der Waals surface area contributed by atoms with Gasteiger partial charge >= 0.3 is 12.1 Å². The first-order valence-electron chi connectivity index (χ1n) is 14.6. The van der Waals surface area contributed by atoms with Gasteiger partial charge in [-0.05, 0) is 78.1 Å². The number of halogens is 4. The number of pyridine rings is 1. The summed E-state index contributed by atoms with van der Waals surface area (Å²) in [6.07, 6.45) is -0.592. The summed E-state index contributed by atoms with van der Waals surface area (Å²) in [5.41, 5.74) is 1.56. The van der Waals surface area contributed by atoms with Crippen molar-refractivity contribution >= 4 is 34.5 Å². The third-order valence-corrected chi connectivity index (χ3v) is 9.12. The van der Waals surface area contributed by atoms with Crippen molar-refractivity contribution in [3.05, 3.63) is 88.6 Å². The lowest BCUT2D eigenvalue weighted by molar-refractivity contribution is -0.187. The fourth-order valence-electron chi connectivity index (χ4n) is 6.50. The third-order valence-electron chi connectivity index (χ3n) is 8.81. The van der Waals surface area contributed by atoms with E-state index >= 15 is 0 Å². The van der Waals surface area contributed by atoms with E-state index in [9.17, 15) is 23.1 Å². The molecule has 6 nitrogen and oxygen atoms in total. The van der Waals surface area contributed by atoms with E-state index in [0.29, 0.717) is 22.4 Å².